The largest absolute Gasteiger partial charge is 0.486 e. The summed E-state index contributed by atoms with van der Waals surface area (Å²) in [6.45, 7) is 1.09. The number of rotatable bonds is 5. The molecular formula is C19H17N3O4S. The van der Waals surface area contributed by atoms with Crippen molar-refractivity contribution in [2.75, 3.05) is 24.8 Å². The van der Waals surface area contributed by atoms with Crippen LogP contribution in [-0.4, -0.2) is 35.6 Å². The first-order chi connectivity index (χ1) is 13.2. The fourth-order valence-electron chi connectivity index (χ4n) is 2.74. The van der Waals surface area contributed by atoms with E-state index in [4.69, 9.17) is 13.9 Å². The quantitative estimate of drug-likeness (QED) is 0.676. The summed E-state index contributed by atoms with van der Waals surface area (Å²) in [6, 6.07) is 13.1. The van der Waals surface area contributed by atoms with Crippen LogP contribution < -0.4 is 14.8 Å². The Morgan fingerprint density at radius 3 is 2.78 bits per heavy atom. The van der Waals surface area contributed by atoms with Crippen molar-refractivity contribution in [2.45, 2.75) is 11.3 Å². The lowest BCUT2D eigenvalue weighted by atomic mass is 10.1. The Balaban J connectivity index is 1.45. The molecule has 1 aliphatic rings. The second-order valence-electron chi connectivity index (χ2n) is 5.81. The summed E-state index contributed by atoms with van der Waals surface area (Å²) < 4.78 is 16.7. The molecule has 1 amide bonds. The normalized spacial score (nSPS) is 12.6. The highest BCUT2D eigenvalue weighted by Gasteiger charge is 2.16. The van der Waals surface area contributed by atoms with Gasteiger partial charge in [-0.05, 0) is 36.1 Å². The lowest BCUT2D eigenvalue weighted by Crippen LogP contribution is -2.15. The molecule has 0 radical (unpaired) electrons. The van der Waals surface area contributed by atoms with Crippen LogP contribution >= 0.6 is 11.8 Å². The number of benzene rings is 2. The molecule has 1 aliphatic heterocycles. The molecule has 2 heterocycles. The Bertz CT molecular complexity index is 973. The molecule has 0 unspecified atom stereocenters. The highest BCUT2D eigenvalue weighted by Crippen LogP contribution is 2.31. The summed E-state index contributed by atoms with van der Waals surface area (Å²) >= 11 is 1.50. The van der Waals surface area contributed by atoms with Gasteiger partial charge in [-0.3, -0.25) is 10.1 Å². The maximum absolute atomic E-state index is 12.4. The van der Waals surface area contributed by atoms with Crippen molar-refractivity contribution in [3.63, 3.8) is 0 Å². The van der Waals surface area contributed by atoms with Crippen LogP contribution in [0.3, 0.4) is 0 Å². The number of fused-ring (bicyclic) bond motifs is 1. The number of aromatic nitrogens is 2. The van der Waals surface area contributed by atoms with Crippen molar-refractivity contribution >= 4 is 23.7 Å². The van der Waals surface area contributed by atoms with Gasteiger partial charge < -0.3 is 13.9 Å². The van der Waals surface area contributed by atoms with Crippen LogP contribution in [0.4, 0.5) is 6.01 Å². The van der Waals surface area contributed by atoms with Gasteiger partial charge in [-0.25, -0.2) is 0 Å². The van der Waals surface area contributed by atoms with Gasteiger partial charge in [-0.2, -0.15) is 0 Å². The topological polar surface area (TPSA) is 86.5 Å². The van der Waals surface area contributed by atoms with Gasteiger partial charge in [0.25, 0.3) is 5.91 Å². The summed E-state index contributed by atoms with van der Waals surface area (Å²) in [6.07, 6.45) is 2.35. The predicted octanol–water partition coefficient (Wildman–Crippen LogP) is 3.41. The minimum absolute atomic E-state index is 0.0726. The zero-order valence-corrected chi connectivity index (χ0v) is 15.4. The molecule has 138 valence electrons. The van der Waals surface area contributed by atoms with E-state index in [1.54, 1.807) is 6.07 Å². The summed E-state index contributed by atoms with van der Waals surface area (Å²) in [5.74, 6) is 1.56. The average molecular weight is 383 g/mol. The summed E-state index contributed by atoms with van der Waals surface area (Å²) in [4.78, 5) is 13.3. The van der Waals surface area contributed by atoms with Crippen LogP contribution in [0.5, 0.6) is 11.5 Å². The molecule has 0 spiro atoms. The molecule has 1 N–H and O–H groups in total. The first-order valence-electron chi connectivity index (χ1n) is 8.38. The number of carbonyl (C=O) groups excluding carboxylic acids is 1. The van der Waals surface area contributed by atoms with Crippen LogP contribution in [0.2, 0.25) is 0 Å². The average Bonchev–Trinajstić information content (AvgIpc) is 3.14. The molecule has 7 nitrogen and oxygen atoms in total. The number of hydrogen-bond acceptors (Lipinski definition) is 7. The van der Waals surface area contributed by atoms with E-state index < -0.39 is 0 Å². The van der Waals surface area contributed by atoms with Crippen molar-refractivity contribution in [2.24, 2.45) is 0 Å². The maximum atomic E-state index is 12.4. The summed E-state index contributed by atoms with van der Waals surface area (Å²) in [5, 5.41) is 10.6. The minimum Gasteiger partial charge on any atom is -0.486 e. The lowest BCUT2D eigenvalue weighted by Gasteiger charge is -2.18. The van der Waals surface area contributed by atoms with Gasteiger partial charge in [0.15, 0.2) is 11.5 Å². The molecule has 8 heteroatoms. The Morgan fingerprint density at radius 2 is 1.93 bits per heavy atom. The number of nitrogens with one attached hydrogen (secondary N) is 1. The Morgan fingerprint density at radius 1 is 1.11 bits per heavy atom. The van der Waals surface area contributed by atoms with E-state index in [0.717, 1.165) is 16.2 Å². The highest BCUT2D eigenvalue weighted by molar-refractivity contribution is 7.98. The molecule has 27 heavy (non-hydrogen) atoms. The van der Waals surface area contributed by atoms with Gasteiger partial charge in [0.2, 0.25) is 5.89 Å². The van der Waals surface area contributed by atoms with E-state index >= 15 is 0 Å². The van der Waals surface area contributed by atoms with Crippen molar-refractivity contribution < 1.29 is 18.7 Å². The van der Waals surface area contributed by atoms with E-state index in [-0.39, 0.29) is 11.9 Å². The molecule has 0 saturated heterocycles. The lowest BCUT2D eigenvalue weighted by molar-refractivity contribution is 0.102. The molecule has 0 atom stereocenters. The maximum Gasteiger partial charge on any atom is 0.322 e. The van der Waals surface area contributed by atoms with E-state index in [1.165, 1.54) is 11.8 Å². The fraction of sp³-hybridized carbons (Fsp3) is 0.211. The Hall–Kier alpha value is -3.00. The number of carbonyl (C=O) groups is 1. The molecule has 2 aromatic carbocycles. The summed E-state index contributed by atoms with van der Waals surface area (Å²) in [7, 11) is 0. The highest BCUT2D eigenvalue weighted by atomic mass is 32.2. The van der Waals surface area contributed by atoms with Crippen molar-refractivity contribution in [1.29, 1.82) is 0 Å². The zero-order valence-electron chi connectivity index (χ0n) is 14.6. The number of anilines is 1. The predicted molar refractivity (Wildman–Crippen MR) is 101 cm³/mol. The molecule has 0 saturated carbocycles. The van der Waals surface area contributed by atoms with Gasteiger partial charge >= 0.3 is 6.01 Å². The van der Waals surface area contributed by atoms with Crippen LogP contribution in [-0.2, 0) is 6.42 Å². The Labute approximate surface area is 160 Å². The van der Waals surface area contributed by atoms with Gasteiger partial charge in [0, 0.05) is 4.90 Å². The molecule has 4 rings (SSSR count). The van der Waals surface area contributed by atoms with E-state index in [0.29, 0.717) is 36.8 Å². The smallest absolute Gasteiger partial charge is 0.322 e. The van der Waals surface area contributed by atoms with Crippen LogP contribution in [0, 0.1) is 0 Å². The number of amides is 1. The van der Waals surface area contributed by atoms with E-state index in [1.807, 2.05) is 42.7 Å². The fourth-order valence-corrected chi connectivity index (χ4v) is 3.34. The number of ether oxygens (including phenoxy) is 2. The molecule has 0 fully saturated rings. The zero-order chi connectivity index (χ0) is 18.6. The molecular weight excluding hydrogens is 366 g/mol. The second kappa shape index (κ2) is 7.71. The summed E-state index contributed by atoms with van der Waals surface area (Å²) in [5.41, 5.74) is 1.52. The van der Waals surface area contributed by atoms with Gasteiger partial charge in [-0.15, -0.1) is 16.9 Å². The number of nitrogens with zero attached hydrogens (tertiary/aromatic N) is 2. The number of thioether (sulfide) groups is 1. The number of hydrogen-bond donors (Lipinski definition) is 1. The standard InChI is InChI=1S/C19H17N3O4S/c1-27-16-5-3-2-4-13(16)18(23)20-19-22-21-17(26-19)11-12-6-7-14-15(10-12)25-9-8-24-14/h2-7,10H,8-9,11H2,1H3,(H,20,22,23). The molecule has 3 aromatic rings. The van der Waals surface area contributed by atoms with E-state index in [9.17, 15) is 4.79 Å². The molecule has 1 aromatic heterocycles. The van der Waals surface area contributed by atoms with Crippen molar-refractivity contribution in [1.82, 2.24) is 10.2 Å². The van der Waals surface area contributed by atoms with E-state index in [2.05, 4.69) is 15.5 Å². The second-order valence-corrected chi connectivity index (χ2v) is 6.66. The third-order valence-corrected chi connectivity index (χ3v) is 4.80. The monoisotopic (exact) mass is 383 g/mol. The molecule has 0 bridgehead atoms. The molecule has 0 aliphatic carbocycles. The van der Waals surface area contributed by atoms with Crippen molar-refractivity contribution in [3.05, 3.63) is 59.5 Å². The Kier molecular flexibility index (Phi) is 4.97. The van der Waals surface area contributed by atoms with Gasteiger partial charge in [0.05, 0.1) is 12.0 Å². The minimum atomic E-state index is -0.283. The van der Waals surface area contributed by atoms with Gasteiger partial charge in [-0.1, -0.05) is 23.3 Å². The van der Waals surface area contributed by atoms with Crippen LogP contribution in [0.15, 0.2) is 51.8 Å². The van der Waals surface area contributed by atoms with Gasteiger partial charge in [0.1, 0.15) is 13.2 Å². The van der Waals surface area contributed by atoms with Crippen LogP contribution in [0.25, 0.3) is 0 Å². The van der Waals surface area contributed by atoms with Crippen LogP contribution in [0.1, 0.15) is 21.8 Å². The van der Waals surface area contributed by atoms with Crippen molar-refractivity contribution in [3.8, 4) is 11.5 Å². The first kappa shape index (κ1) is 17.4. The third-order valence-electron chi connectivity index (χ3n) is 4.00. The third kappa shape index (κ3) is 3.90. The first-order valence-corrected chi connectivity index (χ1v) is 9.60. The SMILES string of the molecule is CSc1ccccc1C(=O)Nc1nnc(Cc2ccc3c(c2)OCCO3)o1.